The number of hydrogen-bond acceptors (Lipinski definition) is 4. The van der Waals surface area contributed by atoms with Crippen LogP contribution in [0.1, 0.15) is 83.5 Å². The smallest absolute Gasteiger partial charge is 0.276 e. The van der Waals surface area contributed by atoms with Crippen LogP contribution in [0.4, 0.5) is 4.79 Å². The summed E-state index contributed by atoms with van der Waals surface area (Å²) in [5.41, 5.74) is 5.07. The van der Waals surface area contributed by atoms with Crippen molar-refractivity contribution in [2.45, 2.75) is 89.6 Å². The highest BCUT2D eigenvalue weighted by atomic mass is 32.2. The molecule has 0 aromatic heterocycles. The molecule has 0 radical (unpaired) electrons. The van der Waals surface area contributed by atoms with Gasteiger partial charge in [-0.3, -0.25) is 4.79 Å². The van der Waals surface area contributed by atoms with E-state index in [-0.39, 0.29) is 11.3 Å². The molecule has 0 fully saturated rings. The number of nitrogens with two attached hydrogens (primary N) is 1. The molecule has 0 spiro atoms. The third-order valence-electron chi connectivity index (χ3n) is 4.06. The molecular weight excluding hydrogens is 326 g/mol. The molecule has 0 saturated carbocycles. The fourth-order valence-corrected chi connectivity index (χ4v) is 3.71. The summed E-state index contributed by atoms with van der Waals surface area (Å²) < 4.78 is 0. The molecule has 1 atom stereocenters. The van der Waals surface area contributed by atoms with Gasteiger partial charge < -0.3 is 10.8 Å². The Morgan fingerprint density at radius 2 is 1.26 bits per heavy atom. The van der Waals surface area contributed by atoms with Crippen LogP contribution in [0.25, 0.3) is 0 Å². The van der Waals surface area contributed by atoms with Crippen molar-refractivity contribution in [1.29, 1.82) is 0 Å². The Kier molecular flexibility index (Phi) is 18.6. The molecule has 0 aliphatic carbocycles. The molecule has 23 heavy (non-hydrogen) atoms. The van der Waals surface area contributed by atoms with Crippen molar-refractivity contribution in [3.8, 4) is 0 Å². The third kappa shape index (κ3) is 20.1. The molecule has 0 bridgehead atoms. The molecule has 0 aliphatic heterocycles. The van der Waals surface area contributed by atoms with Crippen molar-refractivity contribution < 1.29 is 9.90 Å². The van der Waals surface area contributed by atoms with Gasteiger partial charge >= 0.3 is 0 Å². The predicted octanol–water partition coefficient (Wildman–Crippen LogP) is 5.59. The average molecular weight is 364 g/mol. The summed E-state index contributed by atoms with van der Waals surface area (Å²) >= 11 is 3.15. The first kappa shape index (κ1) is 23.1. The van der Waals surface area contributed by atoms with Crippen molar-refractivity contribution in [3.63, 3.8) is 0 Å². The number of unbranched alkanes of at least 4 members (excludes halogenated alkanes) is 9. The van der Waals surface area contributed by atoms with Gasteiger partial charge in [-0.2, -0.15) is 11.8 Å². The summed E-state index contributed by atoms with van der Waals surface area (Å²) in [6.07, 6.45) is 17.6. The number of carbonyl (C=O) groups is 1. The predicted molar refractivity (Wildman–Crippen MR) is 106 cm³/mol. The monoisotopic (exact) mass is 363 g/mol. The third-order valence-corrected chi connectivity index (χ3v) is 5.54. The van der Waals surface area contributed by atoms with Crippen LogP contribution in [-0.4, -0.2) is 34.2 Å². The molecule has 5 heteroatoms. The lowest BCUT2D eigenvalue weighted by atomic mass is 10.0. The van der Waals surface area contributed by atoms with E-state index < -0.39 is 0 Å². The Balaban J connectivity index is 3.16. The van der Waals surface area contributed by atoms with Gasteiger partial charge in [0.15, 0.2) is 0 Å². The standard InChI is InChI=1S/C18H37NO2S2/c1-22-15-11-7-3-2-5-9-13-17(20)14-10-6-4-8-12-16-23-18(19)21/h17,20H,2-16H2,1H3,(H2,19,21)/t17-/m0/s1. The number of primary amides is 1. The maximum atomic E-state index is 10.6. The fourth-order valence-electron chi connectivity index (χ4n) is 2.66. The van der Waals surface area contributed by atoms with Gasteiger partial charge in [0.1, 0.15) is 0 Å². The Hall–Kier alpha value is 0.130. The second-order valence-electron chi connectivity index (χ2n) is 6.28. The largest absolute Gasteiger partial charge is 0.393 e. The van der Waals surface area contributed by atoms with Gasteiger partial charge in [-0.05, 0) is 37.7 Å². The number of aliphatic hydroxyl groups excluding tert-OH is 1. The van der Waals surface area contributed by atoms with Crippen molar-refractivity contribution in [3.05, 3.63) is 0 Å². The van der Waals surface area contributed by atoms with Crippen LogP contribution in [-0.2, 0) is 0 Å². The molecule has 3 nitrogen and oxygen atoms in total. The molecular formula is C18H37NO2S2. The summed E-state index contributed by atoms with van der Waals surface area (Å²) in [6, 6.07) is 0. The maximum Gasteiger partial charge on any atom is 0.276 e. The first-order chi connectivity index (χ1) is 11.2. The Morgan fingerprint density at radius 3 is 1.74 bits per heavy atom. The van der Waals surface area contributed by atoms with E-state index in [0.717, 1.165) is 37.9 Å². The van der Waals surface area contributed by atoms with Crippen molar-refractivity contribution in [1.82, 2.24) is 0 Å². The molecule has 0 saturated heterocycles. The van der Waals surface area contributed by atoms with E-state index >= 15 is 0 Å². The minimum Gasteiger partial charge on any atom is -0.393 e. The van der Waals surface area contributed by atoms with Crippen molar-refractivity contribution in [2.24, 2.45) is 5.73 Å². The maximum absolute atomic E-state index is 10.6. The van der Waals surface area contributed by atoms with Crippen LogP contribution in [0.5, 0.6) is 0 Å². The molecule has 0 unspecified atom stereocenters. The van der Waals surface area contributed by atoms with Crippen LogP contribution >= 0.6 is 23.5 Å². The topological polar surface area (TPSA) is 63.3 Å². The number of hydrogen-bond donors (Lipinski definition) is 2. The van der Waals surface area contributed by atoms with Gasteiger partial charge in [-0.15, -0.1) is 0 Å². The molecule has 138 valence electrons. The zero-order chi connectivity index (χ0) is 17.2. The van der Waals surface area contributed by atoms with Crippen LogP contribution in [0.15, 0.2) is 0 Å². The van der Waals surface area contributed by atoms with Crippen LogP contribution in [0, 0.1) is 0 Å². The summed E-state index contributed by atoms with van der Waals surface area (Å²) in [6.45, 7) is 0. The van der Waals surface area contributed by atoms with Crippen molar-refractivity contribution in [2.75, 3.05) is 17.8 Å². The summed E-state index contributed by atoms with van der Waals surface area (Å²) in [7, 11) is 0. The number of rotatable bonds is 17. The van der Waals surface area contributed by atoms with Gasteiger partial charge in [-0.25, -0.2) is 0 Å². The van der Waals surface area contributed by atoms with E-state index in [0.29, 0.717) is 0 Å². The van der Waals surface area contributed by atoms with E-state index in [1.807, 2.05) is 11.8 Å². The number of aliphatic hydroxyl groups is 1. The summed E-state index contributed by atoms with van der Waals surface area (Å²) in [5, 5.41) is 9.70. The molecule has 0 aliphatic rings. The Bertz CT molecular complexity index is 265. The SMILES string of the molecule is CSCCCCCCCC[C@H](O)CCCCCCCSC(N)=O. The van der Waals surface area contributed by atoms with Gasteiger partial charge in [0.05, 0.1) is 6.10 Å². The van der Waals surface area contributed by atoms with Crippen LogP contribution < -0.4 is 5.73 Å². The Morgan fingerprint density at radius 1 is 0.826 bits per heavy atom. The van der Waals surface area contributed by atoms with Gasteiger partial charge in [-0.1, -0.05) is 69.5 Å². The molecule has 0 aromatic carbocycles. The van der Waals surface area contributed by atoms with E-state index in [1.54, 1.807) is 0 Å². The first-order valence-electron chi connectivity index (χ1n) is 9.26. The van der Waals surface area contributed by atoms with E-state index in [4.69, 9.17) is 5.73 Å². The lowest BCUT2D eigenvalue weighted by molar-refractivity contribution is 0.147. The van der Waals surface area contributed by atoms with Gasteiger partial charge in [0, 0.05) is 5.75 Å². The second-order valence-corrected chi connectivity index (χ2v) is 8.37. The van der Waals surface area contributed by atoms with Gasteiger partial charge in [0.25, 0.3) is 5.24 Å². The van der Waals surface area contributed by atoms with Crippen LogP contribution in [0.3, 0.4) is 0 Å². The molecule has 3 N–H and O–H groups in total. The van der Waals surface area contributed by atoms with E-state index in [9.17, 15) is 9.90 Å². The van der Waals surface area contributed by atoms with Gasteiger partial charge in [0.2, 0.25) is 0 Å². The summed E-state index contributed by atoms with van der Waals surface area (Å²) in [4.78, 5) is 10.6. The number of carbonyl (C=O) groups excluding carboxylic acids is 1. The lowest BCUT2D eigenvalue weighted by Crippen LogP contribution is -2.06. The minimum absolute atomic E-state index is 0.100. The second kappa shape index (κ2) is 18.5. The van der Waals surface area contributed by atoms with Crippen molar-refractivity contribution >= 4 is 28.8 Å². The van der Waals surface area contributed by atoms with E-state index in [1.165, 1.54) is 68.9 Å². The number of amides is 1. The quantitative estimate of drug-likeness (QED) is 0.330. The molecule has 0 heterocycles. The summed E-state index contributed by atoms with van der Waals surface area (Å²) in [5.74, 6) is 2.14. The fraction of sp³-hybridized carbons (Fsp3) is 0.944. The Labute approximate surface area is 151 Å². The zero-order valence-corrected chi connectivity index (χ0v) is 16.6. The minimum atomic E-state index is -0.270. The average Bonchev–Trinajstić information content (AvgIpc) is 2.52. The van der Waals surface area contributed by atoms with E-state index in [2.05, 4.69) is 6.26 Å². The highest BCUT2D eigenvalue weighted by molar-refractivity contribution is 8.13. The zero-order valence-electron chi connectivity index (χ0n) is 14.9. The molecule has 0 aromatic rings. The first-order valence-corrected chi connectivity index (χ1v) is 11.6. The normalized spacial score (nSPS) is 12.4. The molecule has 1 amide bonds. The number of thioether (sulfide) groups is 2. The highest BCUT2D eigenvalue weighted by Gasteiger charge is 2.03. The highest BCUT2D eigenvalue weighted by Crippen LogP contribution is 2.14. The lowest BCUT2D eigenvalue weighted by Gasteiger charge is -2.10. The molecule has 0 rings (SSSR count). The van der Waals surface area contributed by atoms with Crippen LogP contribution in [0.2, 0.25) is 0 Å².